The minimum absolute atomic E-state index is 0.0933. The Kier molecular flexibility index (Phi) is 5.67. The van der Waals surface area contributed by atoms with Gasteiger partial charge in [-0.1, -0.05) is 19.9 Å². The first-order chi connectivity index (χ1) is 14.1. The molecule has 2 aromatic carbocycles. The first-order valence-corrected chi connectivity index (χ1v) is 10.3. The normalized spacial score (nSPS) is 16.1. The highest BCUT2D eigenvalue weighted by Crippen LogP contribution is 2.37. The molecule has 3 aromatic rings. The number of nitrogens with one attached hydrogen (secondary N) is 2. The molecule has 4 rings (SSSR count). The van der Waals surface area contributed by atoms with Crippen LogP contribution >= 0.6 is 0 Å². The van der Waals surface area contributed by atoms with Crippen molar-refractivity contribution in [1.82, 2.24) is 10.3 Å². The molecule has 0 aliphatic carbocycles. The third-order valence-electron chi connectivity index (χ3n) is 5.63. The molecule has 1 unspecified atom stereocenters. The van der Waals surface area contributed by atoms with E-state index in [4.69, 9.17) is 14.2 Å². The summed E-state index contributed by atoms with van der Waals surface area (Å²) in [5.74, 6) is 3.08. The van der Waals surface area contributed by atoms with Crippen molar-refractivity contribution >= 4 is 10.9 Å². The van der Waals surface area contributed by atoms with Crippen molar-refractivity contribution in [3.05, 3.63) is 53.2 Å². The molecular weight excluding hydrogens is 364 g/mol. The van der Waals surface area contributed by atoms with Crippen LogP contribution in [0.1, 0.15) is 43.1 Å². The molecule has 0 fully saturated rings. The monoisotopic (exact) mass is 394 g/mol. The van der Waals surface area contributed by atoms with Gasteiger partial charge in [0.15, 0.2) is 11.5 Å². The predicted octanol–water partition coefficient (Wildman–Crippen LogP) is 4.85. The zero-order chi connectivity index (χ0) is 20.4. The van der Waals surface area contributed by atoms with Gasteiger partial charge in [-0.15, -0.1) is 0 Å². The van der Waals surface area contributed by atoms with Gasteiger partial charge in [0.05, 0.1) is 26.9 Å². The Morgan fingerprint density at radius 1 is 1.03 bits per heavy atom. The fraction of sp³-hybridized carbons (Fsp3) is 0.417. The average molecular weight is 395 g/mol. The van der Waals surface area contributed by atoms with Gasteiger partial charge in [0.2, 0.25) is 0 Å². The Labute approximate surface area is 172 Å². The number of fused-ring (bicyclic) bond motifs is 3. The van der Waals surface area contributed by atoms with Gasteiger partial charge in [-0.25, -0.2) is 0 Å². The van der Waals surface area contributed by atoms with E-state index in [0.29, 0.717) is 12.5 Å². The number of methoxy groups -OCH3 is 2. The lowest BCUT2D eigenvalue weighted by molar-refractivity contribution is 0.272. The van der Waals surface area contributed by atoms with Crippen LogP contribution in [0.3, 0.4) is 0 Å². The van der Waals surface area contributed by atoms with Crippen LogP contribution in [0.2, 0.25) is 0 Å². The van der Waals surface area contributed by atoms with E-state index < -0.39 is 0 Å². The maximum atomic E-state index is 5.96. The van der Waals surface area contributed by atoms with Crippen molar-refractivity contribution in [1.29, 1.82) is 0 Å². The van der Waals surface area contributed by atoms with Gasteiger partial charge in [0.1, 0.15) is 5.75 Å². The third kappa shape index (κ3) is 3.92. The van der Waals surface area contributed by atoms with Gasteiger partial charge in [0, 0.05) is 23.1 Å². The molecule has 1 aromatic heterocycles. The number of benzene rings is 2. The summed E-state index contributed by atoms with van der Waals surface area (Å²) in [6.45, 7) is 6.03. The number of aromatic nitrogens is 1. The van der Waals surface area contributed by atoms with Gasteiger partial charge in [0.25, 0.3) is 0 Å². The molecule has 0 spiro atoms. The van der Waals surface area contributed by atoms with E-state index in [1.807, 2.05) is 12.1 Å². The number of hydrogen-bond acceptors (Lipinski definition) is 4. The molecule has 2 heterocycles. The highest BCUT2D eigenvalue weighted by atomic mass is 16.5. The van der Waals surface area contributed by atoms with E-state index in [1.165, 1.54) is 16.6 Å². The van der Waals surface area contributed by atoms with Crippen molar-refractivity contribution in [3.8, 4) is 17.2 Å². The molecule has 0 saturated carbocycles. The lowest BCUT2D eigenvalue weighted by atomic mass is 9.94. The number of ether oxygens (including phenoxy) is 3. The first kappa shape index (κ1) is 19.6. The largest absolute Gasteiger partial charge is 0.497 e. The summed E-state index contributed by atoms with van der Waals surface area (Å²) in [4.78, 5) is 3.62. The van der Waals surface area contributed by atoms with Crippen LogP contribution in [0.5, 0.6) is 17.2 Å². The van der Waals surface area contributed by atoms with Gasteiger partial charge in [-0.3, -0.25) is 0 Å². The van der Waals surface area contributed by atoms with E-state index in [-0.39, 0.29) is 6.04 Å². The molecule has 5 nitrogen and oxygen atoms in total. The van der Waals surface area contributed by atoms with Crippen LogP contribution < -0.4 is 19.5 Å². The second kappa shape index (κ2) is 8.37. The van der Waals surface area contributed by atoms with Gasteiger partial charge in [-0.05, 0) is 60.2 Å². The lowest BCUT2D eigenvalue weighted by Gasteiger charge is -2.25. The van der Waals surface area contributed by atoms with Crippen molar-refractivity contribution in [2.75, 3.05) is 27.4 Å². The Bertz CT molecular complexity index is 993. The topological polar surface area (TPSA) is 55.5 Å². The van der Waals surface area contributed by atoms with Crippen LogP contribution in [-0.2, 0) is 6.42 Å². The third-order valence-corrected chi connectivity index (χ3v) is 5.63. The van der Waals surface area contributed by atoms with Gasteiger partial charge < -0.3 is 24.5 Å². The van der Waals surface area contributed by atoms with Crippen molar-refractivity contribution in [2.45, 2.75) is 32.7 Å². The fourth-order valence-corrected chi connectivity index (χ4v) is 4.01. The summed E-state index contributed by atoms with van der Waals surface area (Å²) in [6, 6.07) is 12.6. The number of H-pyrrole nitrogens is 1. The number of rotatable bonds is 7. The summed E-state index contributed by atoms with van der Waals surface area (Å²) < 4.78 is 17.0. The summed E-state index contributed by atoms with van der Waals surface area (Å²) >= 11 is 0. The Balaban J connectivity index is 1.66. The fourth-order valence-electron chi connectivity index (χ4n) is 4.01. The second-order valence-electron chi connectivity index (χ2n) is 8.01. The van der Waals surface area contributed by atoms with Crippen LogP contribution in [0.15, 0.2) is 36.4 Å². The molecule has 0 saturated heterocycles. The summed E-state index contributed by atoms with van der Waals surface area (Å²) in [5, 5.41) is 4.89. The first-order valence-electron chi connectivity index (χ1n) is 10.3. The maximum absolute atomic E-state index is 5.96. The number of hydrogen-bond donors (Lipinski definition) is 2. The molecule has 154 valence electrons. The van der Waals surface area contributed by atoms with Gasteiger partial charge in [-0.2, -0.15) is 0 Å². The molecule has 0 amide bonds. The standard InChI is InChI=1S/C24H30N2O3/c1-15(2)10-12-29-21-8-5-16(13-22(21)28-4)23-24-18(9-11-25-23)19-14-17(27-3)6-7-20(19)26-24/h5-8,13-15,23,25-26H,9-12H2,1-4H3. The Morgan fingerprint density at radius 2 is 1.90 bits per heavy atom. The summed E-state index contributed by atoms with van der Waals surface area (Å²) in [5.41, 5.74) is 4.89. The van der Waals surface area contributed by atoms with E-state index >= 15 is 0 Å². The minimum atomic E-state index is 0.0933. The quantitative estimate of drug-likeness (QED) is 0.602. The van der Waals surface area contributed by atoms with Crippen molar-refractivity contribution in [3.63, 3.8) is 0 Å². The molecule has 0 bridgehead atoms. The van der Waals surface area contributed by atoms with E-state index in [9.17, 15) is 0 Å². The molecule has 5 heteroatoms. The van der Waals surface area contributed by atoms with Crippen LogP contribution in [0.25, 0.3) is 10.9 Å². The predicted molar refractivity (Wildman–Crippen MR) is 116 cm³/mol. The van der Waals surface area contributed by atoms with Crippen molar-refractivity contribution in [2.24, 2.45) is 5.92 Å². The lowest BCUT2D eigenvalue weighted by Crippen LogP contribution is -2.30. The van der Waals surface area contributed by atoms with E-state index in [0.717, 1.165) is 47.7 Å². The van der Waals surface area contributed by atoms with Crippen molar-refractivity contribution < 1.29 is 14.2 Å². The van der Waals surface area contributed by atoms with E-state index in [1.54, 1.807) is 14.2 Å². The average Bonchev–Trinajstić information content (AvgIpc) is 3.11. The molecule has 1 aliphatic rings. The number of aromatic amines is 1. The molecule has 1 aliphatic heterocycles. The highest BCUT2D eigenvalue weighted by Gasteiger charge is 2.26. The van der Waals surface area contributed by atoms with E-state index in [2.05, 4.69) is 48.4 Å². The smallest absolute Gasteiger partial charge is 0.161 e. The molecule has 29 heavy (non-hydrogen) atoms. The zero-order valence-electron chi connectivity index (χ0n) is 17.7. The van der Waals surface area contributed by atoms with Crippen LogP contribution in [0, 0.1) is 5.92 Å². The Hall–Kier alpha value is -2.66. The second-order valence-corrected chi connectivity index (χ2v) is 8.01. The molecule has 0 radical (unpaired) electrons. The highest BCUT2D eigenvalue weighted by molar-refractivity contribution is 5.86. The SMILES string of the molecule is COc1ccc2[nH]c3c(c2c1)CCNC3c1ccc(OCCC(C)C)c(OC)c1. The minimum Gasteiger partial charge on any atom is -0.497 e. The zero-order valence-corrected chi connectivity index (χ0v) is 17.7. The Morgan fingerprint density at radius 3 is 2.66 bits per heavy atom. The van der Waals surface area contributed by atoms with Crippen LogP contribution in [0.4, 0.5) is 0 Å². The van der Waals surface area contributed by atoms with Gasteiger partial charge >= 0.3 is 0 Å². The van der Waals surface area contributed by atoms with Crippen LogP contribution in [-0.4, -0.2) is 32.4 Å². The summed E-state index contributed by atoms with van der Waals surface area (Å²) in [6.07, 6.45) is 2.02. The molecule has 2 N–H and O–H groups in total. The maximum Gasteiger partial charge on any atom is 0.161 e. The molecular formula is C24H30N2O3. The molecule has 1 atom stereocenters. The summed E-state index contributed by atoms with van der Waals surface area (Å²) in [7, 11) is 3.41.